The number of alkyl halides is 2. The van der Waals surface area contributed by atoms with Crippen LogP contribution in [-0.4, -0.2) is 28.2 Å². The van der Waals surface area contributed by atoms with Gasteiger partial charge in [-0.2, -0.15) is 8.78 Å². The van der Waals surface area contributed by atoms with E-state index >= 15 is 0 Å². The van der Waals surface area contributed by atoms with Crippen molar-refractivity contribution in [2.24, 2.45) is 0 Å². The highest BCUT2D eigenvalue weighted by Crippen LogP contribution is 2.33. The van der Waals surface area contributed by atoms with Crippen LogP contribution < -0.4 is 15.6 Å². The molecule has 0 radical (unpaired) electrons. The fraction of sp³-hybridized carbons (Fsp3) is 0.350. The molecule has 11 heteroatoms. The fourth-order valence-corrected chi connectivity index (χ4v) is 5.68. The molecule has 1 aromatic carbocycles. The summed E-state index contributed by atoms with van der Waals surface area (Å²) in [7, 11) is 0. The molecule has 1 aliphatic carbocycles. The Morgan fingerprint density at radius 1 is 1.35 bits per heavy atom. The number of nitrogens with zero attached hydrogens (tertiary/aromatic N) is 1. The number of aromatic amines is 1. The van der Waals surface area contributed by atoms with Crippen molar-refractivity contribution in [1.82, 2.24) is 9.97 Å². The summed E-state index contributed by atoms with van der Waals surface area (Å²) in [5.74, 6) is 0.576. The highest BCUT2D eigenvalue weighted by Gasteiger charge is 2.19. The van der Waals surface area contributed by atoms with Gasteiger partial charge in [0.2, 0.25) is 5.91 Å². The van der Waals surface area contributed by atoms with Crippen LogP contribution in [0.15, 0.2) is 23.0 Å². The number of thiophene rings is 1. The summed E-state index contributed by atoms with van der Waals surface area (Å²) in [5.41, 5.74) is 1.39. The van der Waals surface area contributed by atoms with E-state index < -0.39 is 6.61 Å². The molecule has 2 N–H and O–H groups in total. The summed E-state index contributed by atoms with van der Waals surface area (Å²) in [6.45, 7) is -2.98. The van der Waals surface area contributed by atoms with E-state index in [1.165, 1.54) is 34.8 Å². The van der Waals surface area contributed by atoms with Gasteiger partial charge in [-0.1, -0.05) is 11.6 Å². The molecule has 0 aliphatic heterocycles. The molecule has 2 aromatic heterocycles. The van der Waals surface area contributed by atoms with Crippen LogP contribution in [-0.2, 0) is 23.4 Å². The van der Waals surface area contributed by atoms with Gasteiger partial charge < -0.3 is 15.0 Å². The molecule has 0 saturated carbocycles. The summed E-state index contributed by atoms with van der Waals surface area (Å²) in [4.78, 5) is 34.2. The van der Waals surface area contributed by atoms with Crippen LogP contribution in [0.3, 0.4) is 0 Å². The van der Waals surface area contributed by atoms with Gasteiger partial charge in [0.1, 0.15) is 16.4 Å². The molecule has 0 unspecified atom stereocenters. The second kappa shape index (κ2) is 9.54. The number of benzene rings is 1. The van der Waals surface area contributed by atoms with Crippen molar-refractivity contribution in [3.05, 3.63) is 49.8 Å². The Morgan fingerprint density at radius 2 is 2.16 bits per heavy atom. The molecule has 0 bridgehead atoms. The third-order valence-electron chi connectivity index (χ3n) is 4.78. The van der Waals surface area contributed by atoms with E-state index in [2.05, 4.69) is 20.0 Å². The number of thioether (sulfide) groups is 1. The lowest BCUT2D eigenvalue weighted by atomic mass is 9.97. The number of carbonyl (C=O) groups excluding carboxylic acids is 1. The minimum absolute atomic E-state index is 0.0283. The molecule has 4 rings (SSSR count). The van der Waals surface area contributed by atoms with Gasteiger partial charge in [0, 0.05) is 10.6 Å². The first kappa shape index (κ1) is 22.0. The standard InChI is InChI=1S/C20H18ClF2N3O3S2/c21-12-7-10(5-6-13(12)29-20(22)23)24-16(27)9-30-8-15-25-18(28)17-11-3-1-2-4-14(11)31-19(17)26-15/h5-7,20H,1-4,8-9H2,(H,24,27)(H,25,26,28). The van der Waals surface area contributed by atoms with E-state index in [0.29, 0.717) is 22.7 Å². The van der Waals surface area contributed by atoms with E-state index in [1.54, 1.807) is 11.3 Å². The number of ether oxygens (including phenoxy) is 1. The number of fused-ring (bicyclic) bond motifs is 3. The number of H-pyrrole nitrogens is 1. The molecule has 164 valence electrons. The summed E-state index contributed by atoms with van der Waals surface area (Å²) in [6.07, 6.45) is 4.16. The first-order chi connectivity index (χ1) is 14.9. The van der Waals surface area contributed by atoms with Gasteiger partial charge in [-0.05, 0) is 49.4 Å². The van der Waals surface area contributed by atoms with Crippen molar-refractivity contribution in [3.8, 4) is 5.75 Å². The number of amides is 1. The molecule has 0 atom stereocenters. The summed E-state index contributed by atoms with van der Waals surface area (Å²) in [6, 6.07) is 4.03. The van der Waals surface area contributed by atoms with Gasteiger partial charge >= 0.3 is 6.61 Å². The minimum atomic E-state index is -2.98. The second-order valence-electron chi connectivity index (χ2n) is 6.97. The van der Waals surface area contributed by atoms with Gasteiger partial charge in [-0.3, -0.25) is 9.59 Å². The summed E-state index contributed by atoms with van der Waals surface area (Å²) < 4.78 is 28.8. The van der Waals surface area contributed by atoms with E-state index in [-0.39, 0.29) is 28.0 Å². The molecule has 0 fully saturated rings. The normalized spacial score (nSPS) is 13.4. The number of nitrogens with one attached hydrogen (secondary N) is 2. The predicted octanol–water partition coefficient (Wildman–Crippen LogP) is 4.99. The lowest BCUT2D eigenvalue weighted by Crippen LogP contribution is -2.15. The predicted molar refractivity (Wildman–Crippen MR) is 120 cm³/mol. The Hall–Kier alpha value is -2.17. The Kier molecular flexibility index (Phi) is 6.78. The zero-order valence-corrected chi connectivity index (χ0v) is 18.6. The molecular weight excluding hydrogens is 468 g/mol. The Balaban J connectivity index is 1.35. The lowest BCUT2D eigenvalue weighted by Gasteiger charge is -2.10. The summed E-state index contributed by atoms with van der Waals surface area (Å²) in [5, 5.41) is 3.33. The number of hydrogen-bond acceptors (Lipinski definition) is 6. The topological polar surface area (TPSA) is 84.1 Å². The van der Waals surface area contributed by atoms with Crippen LogP contribution in [0.1, 0.15) is 29.1 Å². The van der Waals surface area contributed by atoms with Crippen LogP contribution in [0.25, 0.3) is 10.2 Å². The van der Waals surface area contributed by atoms with Crippen molar-refractivity contribution in [2.45, 2.75) is 38.0 Å². The van der Waals surface area contributed by atoms with Crippen molar-refractivity contribution in [3.63, 3.8) is 0 Å². The zero-order valence-electron chi connectivity index (χ0n) is 16.2. The molecule has 0 spiro atoms. The molecule has 3 aromatic rings. The Morgan fingerprint density at radius 3 is 2.94 bits per heavy atom. The smallest absolute Gasteiger partial charge is 0.387 e. The Bertz CT molecular complexity index is 1180. The van der Waals surface area contributed by atoms with Crippen molar-refractivity contribution >= 4 is 56.5 Å². The molecule has 2 heterocycles. The van der Waals surface area contributed by atoms with Crippen LogP contribution in [0, 0.1) is 0 Å². The van der Waals surface area contributed by atoms with Gasteiger partial charge in [0.15, 0.2) is 0 Å². The molecule has 0 saturated heterocycles. The maximum absolute atomic E-state index is 12.5. The highest BCUT2D eigenvalue weighted by atomic mass is 35.5. The number of rotatable bonds is 7. The Labute approximate surface area is 189 Å². The largest absolute Gasteiger partial charge is 0.433 e. The quantitative estimate of drug-likeness (QED) is 0.492. The maximum atomic E-state index is 12.5. The van der Waals surface area contributed by atoms with E-state index in [0.717, 1.165) is 36.1 Å². The van der Waals surface area contributed by atoms with Gasteiger partial charge in [-0.25, -0.2) is 4.98 Å². The van der Waals surface area contributed by atoms with Crippen molar-refractivity contribution in [2.75, 3.05) is 11.1 Å². The first-order valence-corrected chi connectivity index (χ1v) is 11.9. The molecule has 6 nitrogen and oxygen atoms in total. The number of carbonyl (C=O) groups is 1. The van der Waals surface area contributed by atoms with Crippen molar-refractivity contribution in [1.29, 1.82) is 0 Å². The van der Waals surface area contributed by atoms with Gasteiger partial charge in [0.05, 0.1) is 21.9 Å². The monoisotopic (exact) mass is 485 g/mol. The lowest BCUT2D eigenvalue weighted by molar-refractivity contribution is -0.113. The van der Waals surface area contributed by atoms with Crippen LogP contribution in [0.4, 0.5) is 14.5 Å². The minimum Gasteiger partial charge on any atom is -0.433 e. The number of aromatic nitrogens is 2. The van der Waals surface area contributed by atoms with Gasteiger partial charge in [0.25, 0.3) is 5.56 Å². The zero-order chi connectivity index (χ0) is 22.0. The molecule has 31 heavy (non-hydrogen) atoms. The van der Waals surface area contributed by atoms with Crippen LogP contribution in [0.2, 0.25) is 5.02 Å². The molecule has 1 aliphatic rings. The highest BCUT2D eigenvalue weighted by molar-refractivity contribution is 7.99. The summed E-state index contributed by atoms with van der Waals surface area (Å²) >= 11 is 8.78. The van der Waals surface area contributed by atoms with Crippen LogP contribution >= 0.6 is 34.7 Å². The number of halogens is 3. The second-order valence-corrected chi connectivity index (χ2v) is 9.44. The first-order valence-electron chi connectivity index (χ1n) is 9.56. The van der Waals surface area contributed by atoms with Crippen LogP contribution in [0.5, 0.6) is 5.75 Å². The number of anilines is 1. The van der Waals surface area contributed by atoms with E-state index in [9.17, 15) is 18.4 Å². The number of aryl methyl sites for hydroxylation is 2. The van der Waals surface area contributed by atoms with E-state index in [4.69, 9.17) is 11.6 Å². The SMILES string of the molecule is O=C(CSCc1nc2sc3c(c2c(=O)[nH]1)CCCC3)Nc1ccc(OC(F)F)c(Cl)c1. The molecular formula is C20H18ClF2N3O3S2. The van der Waals surface area contributed by atoms with Crippen molar-refractivity contribution < 1.29 is 18.3 Å². The fourth-order valence-electron chi connectivity index (χ4n) is 3.48. The molecule has 1 amide bonds. The average Bonchev–Trinajstić information content (AvgIpc) is 3.08. The maximum Gasteiger partial charge on any atom is 0.387 e. The third-order valence-corrected chi connectivity index (χ3v) is 7.20. The van der Waals surface area contributed by atoms with Gasteiger partial charge in [-0.15, -0.1) is 23.1 Å². The number of hydrogen-bond donors (Lipinski definition) is 2. The third kappa shape index (κ3) is 5.19. The average molecular weight is 486 g/mol. The van der Waals surface area contributed by atoms with E-state index in [1.807, 2.05) is 0 Å².